The van der Waals surface area contributed by atoms with E-state index >= 15 is 0 Å². The third-order valence-electron chi connectivity index (χ3n) is 4.39. The van der Waals surface area contributed by atoms with Gasteiger partial charge in [-0.2, -0.15) is 0 Å². The zero-order valence-corrected chi connectivity index (χ0v) is 17.7. The van der Waals surface area contributed by atoms with Gasteiger partial charge in [-0.15, -0.1) is 10.2 Å². The van der Waals surface area contributed by atoms with Gasteiger partial charge in [0.1, 0.15) is 0 Å². The molecule has 0 saturated carbocycles. The number of thioether (sulfide) groups is 1. The lowest BCUT2D eigenvalue weighted by molar-refractivity contribution is -0.113. The molecule has 0 aliphatic heterocycles. The van der Waals surface area contributed by atoms with Crippen LogP contribution in [0.3, 0.4) is 0 Å². The van der Waals surface area contributed by atoms with Gasteiger partial charge < -0.3 is 9.73 Å². The number of aromatic nitrogens is 2. The molecular weight excluding hydrogens is 370 g/mol. The van der Waals surface area contributed by atoms with E-state index in [1.807, 2.05) is 45.0 Å². The Morgan fingerprint density at radius 3 is 2.50 bits per heavy atom. The normalized spacial score (nSPS) is 11.1. The fraction of sp³-hybridized carbons (Fsp3) is 0.318. The van der Waals surface area contributed by atoms with Crippen LogP contribution in [-0.2, 0) is 4.79 Å². The second-order valence-corrected chi connectivity index (χ2v) is 8.21. The van der Waals surface area contributed by atoms with E-state index in [1.54, 1.807) is 0 Å². The molecule has 28 heavy (non-hydrogen) atoms. The number of hydrogen-bond acceptors (Lipinski definition) is 5. The van der Waals surface area contributed by atoms with Crippen molar-refractivity contribution in [1.82, 2.24) is 10.2 Å². The Balaban J connectivity index is 1.66. The highest BCUT2D eigenvalue weighted by molar-refractivity contribution is 7.99. The third-order valence-corrected chi connectivity index (χ3v) is 5.21. The monoisotopic (exact) mass is 395 g/mol. The minimum atomic E-state index is -0.0904. The smallest absolute Gasteiger partial charge is 0.277 e. The van der Waals surface area contributed by atoms with Crippen LogP contribution < -0.4 is 5.32 Å². The fourth-order valence-electron chi connectivity index (χ4n) is 3.13. The first kappa shape index (κ1) is 20.1. The minimum absolute atomic E-state index is 0.0904. The number of carbonyl (C=O) groups is 1. The van der Waals surface area contributed by atoms with Gasteiger partial charge in [-0.25, -0.2) is 0 Å². The lowest BCUT2D eigenvalue weighted by Gasteiger charge is -2.16. The van der Waals surface area contributed by atoms with Gasteiger partial charge in [-0.1, -0.05) is 61.0 Å². The first-order valence-corrected chi connectivity index (χ1v) is 10.3. The van der Waals surface area contributed by atoms with E-state index in [0.29, 0.717) is 17.0 Å². The molecule has 3 rings (SSSR count). The molecule has 1 N–H and O–H groups in total. The lowest BCUT2D eigenvalue weighted by atomic mass is 9.98. The van der Waals surface area contributed by atoms with Gasteiger partial charge in [0, 0.05) is 11.3 Å². The third kappa shape index (κ3) is 4.81. The van der Waals surface area contributed by atoms with Crippen molar-refractivity contribution >= 4 is 23.4 Å². The second kappa shape index (κ2) is 8.61. The van der Waals surface area contributed by atoms with E-state index in [0.717, 1.165) is 33.5 Å². The molecule has 1 aromatic heterocycles. The van der Waals surface area contributed by atoms with Crippen LogP contribution >= 0.6 is 11.8 Å². The SMILES string of the molecule is Cc1cc(C)cc(-c2nnc(SCC(=O)Nc3c(C)cccc3C(C)C)o2)c1. The van der Waals surface area contributed by atoms with E-state index < -0.39 is 0 Å². The summed E-state index contributed by atoms with van der Waals surface area (Å²) in [5.74, 6) is 0.919. The van der Waals surface area contributed by atoms with Crippen molar-refractivity contribution in [2.24, 2.45) is 0 Å². The van der Waals surface area contributed by atoms with E-state index in [2.05, 4.69) is 41.5 Å². The summed E-state index contributed by atoms with van der Waals surface area (Å²) >= 11 is 1.24. The van der Waals surface area contributed by atoms with Crippen LogP contribution in [0.1, 0.15) is 42.0 Å². The molecule has 1 amide bonds. The van der Waals surface area contributed by atoms with Gasteiger partial charge in [-0.05, 0) is 49.9 Å². The van der Waals surface area contributed by atoms with Crippen molar-refractivity contribution in [3.05, 3.63) is 58.7 Å². The number of rotatable bonds is 6. The average molecular weight is 396 g/mol. The van der Waals surface area contributed by atoms with E-state index in [9.17, 15) is 4.79 Å². The van der Waals surface area contributed by atoms with Crippen LogP contribution in [0.4, 0.5) is 5.69 Å². The van der Waals surface area contributed by atoms with Crippen LogP contribution in [0, 0.1) is 20.8 Å². The van der Waals surface area contributed by atoms with Gasteiger partial charge >= 0.3 is 0 Å². The van der Waals surface area contributed by atoms with Crippen LogP contribution in [0.2, 0.25) is 0 Å². The highest BCUT2D eigenvalue weighted by Gasteiger charge is 2.15. The molecule has 0 aliphatic carbocycles. The Morgan fingerprint density at radius 1 is 1.11 bits per heavy atom. The number of amides is 1. The number of anilines is 1. The summed E-state index contributed by atoms with van der Waals surface area (Å²) in [6, 6.07) is 12.2. The molecule has 5 nitrogen and oxygen atoms in total. The highest BCUT2D eigenvalue weighted by atomic mass is 32.2. The number of para-hydroxylation sites is 1. The molecule has 0 aliphatic rings. The molecule has 1 heterocycles. The summed E-state index contributed by atoms with van der Waals surface area (Å²) in [5, 5.41) is 11.6. The molecule has 3 aromatic rings. The first-order valence-electron chi connectivity index (χ1n) is 9.28. The molecule has 2 aromatic carbocycles. The molecule has 0 fully saturated rings. The first-order chi connectivity index (χ1) is 13.3. The van der Waals surface area contributed by atoms with Crippen molar-refractivity contribution < 1.29 is 9.21 Å². The number of carbonyl (C=O) groups excluding carboxylic acids is 1. The van der Waals surface area contributed by atoms with Crippen LogP contribution in [0.15, 0.2) is 46.0 Å². The molecular formula is C22H25N3O2S. The number of nitrogens with zero attached hydrogens (tertiary/aromatic N) is 2. The number of nitrogens with one attached hydrogen (secondary N) is 1. The van der Waals surface area contributed by atoms with Crippen LogP contribution in [0.5, 0.6) is 0 Å². The molecule has 146 valence electrons. The summed E-state index contributed by atoms with van der Waals surface area (Å²) < 4.78 is 5.73. The van der Waals surface area contributed by atoms with E-state index in [1.165, 1.54) is 11.8 Å². The van der Waals surface area contributed by atoms with Gasteiger partial charge in [0.25, 0.3) is 5.22 Å². The zero-order chi connectivity index (χ0) is 20.3. The second-order valence-electron chi connectivity index (χ2n) is 7.28. The van der Waals surface area contributed by atoms with Crippen molar-refractivity contribution in [2.75, 3.05) is 11.1 Å². The number of hydrogen-bond donors (Lipinski definition) is 1. The van der Waals surface area contributed by atoms with Crippen molar-refractivity contribution in [3.63, 3.8) is 0 Å². The minimum Gasteiger partial charge on any atom is -0.411 e. The molecule has 6 heteroatoms. The predicted octanol–water partition coefficient (Wildman–Crippen LogP) is 5.52. The Hall–Kier alpha value is -2.60. The van der Waals surface area contributed by atoms with Gasteiger partial charge in [0.15, 0.2) is 0 Å². The van der Waals surface area contributed by atoms with Gasteiger partial charge in [0.05, 0.1) is 5.75 Å². The Morgan fingerprint density at radius 2 is 1.82 bits per heavy atom. The summed E-state index contributed by atoms with van der Waals surface area (Å²) in [5.41, 5.74) is 6.25. The lowest BCUT2D eigenvalue weighted by Crippen LogP contribution is -2.16. The standard InChI is InChI=1S/C22H25N3O2S/c1-13(2)18-8-6-7-16(5)20(18)23-19(26)12-28-22-25-24-21(27-22)17-10-14(3)9-15(4)11-17/h6-11,13H,12H2,1-5H3,(H,23,26). The van der Waals surface area contributed by atoms with E-state index in [-0.39, 0.29) is 11.7 Å². The Bertz CT molecular complexity index is 975. The summed E-state index contributed by atoms with van der Waals surface area (Å²) in [6.45, 7) is 10.3. The Kier molecular flexibility index (Phi) is 6.19. The fourth-order valence-corrected chi connectivity index (χ4v) is 3.69. The molecule has 0 spiro atoms. The van der Waals surface area contributed by atoms with Gasteiger partial charge in [0.2, 0.25) is 11.8 Å². The maximum atomic E-state index is 12.5. The van der Waals surface area contributed by atoms with Crippen molar-refractivity contribution in [3.8, 4) is 11.5 Å². The number of benzene rings is 2. The average Bonchev–Trinajstić information content (AvgIpc) is 3.10. The maximum absolute atomic E-state index is 12.5. The van der Waals surface area contributed by atoms with Gasteiger partial charge in [-0.3, -0.25) is 4.79 Å². The maximum Gasteiger partial charge on any atom is 0.277 e. The largest absolute Gasteiger partial charge is 0.411 e. The quantitative estimate of drug-likeness (QED) is 0.557. The summed E-state index contributed by atoms with van der Waals surface area (Å²) in [7, 11) is 0. The number of aryl methyl sites for hydroxylation is 3. The van der Waals surface area contributed by atoms with Crippen molar-refractivity contribution in [2.45, 2.75) is 45.8 Å². The Labute approximate surface area is 170 Å². The highest BCUT2D eigenvalue weighted by Crippen LogP contribution is 2.28. The molecule has 0 unspecified atom stereocenters. The van der Waals surface area contributed by atoms with Crippen LogP contribution in [0.25, 0.3) is 11.5 Å². The summed E-state index contributed by atoms with van der Waals surface area (Å²) in [4.78, 5) is 12.5. The molecule has 0 saturated heterocycles. The molecule has 0 radical (unpaired) electrons. The molecule has 0 atom stereocenters. The van der Waals surface area contributed by atoms with E-state index in [4.69, 9.17) is 4.42 Å². The zero-order valence-electron chi connectivity index (χ0n) is 16.9. The van der Waals surface area contributed by atoms with Crippen LogP contribution in [-0.4, -0.2) is 21.9 Å². The van der Waals surface area contributed by atoms with Crippen molar-refractivity contribution in [1.29, 1.82) is 0 Å². The predicted molar refractivity (Wildman–Crippen MR) is 114 cm³/mol. The molecule has 0 bridgehead atoms. The summed E-state index contributed by atoms with van der Waals surface area (Å²) in [6.07, 6.45) is 0. The topological polar surface area (TPSA) is 68.0 Å².